The molecule has 1 rings (SSSR count). The summed E-state index contributed by atoms with van der Waals surface area (Å²) in [5.41, 5.74) is 0.287. The molecule has 15 heavy (non-hydrogen) atoms. The molecule has 0 radical (unpaired) electrons. The van der Waals surface area contributed by atoms with E-state index < -0.39 is 0 Å². The van der Waals surface area contributed by atoms with Crippen molar-refractivity contribution in [3.8, 4) is 0 Å². The molecule has 1 nitrogen and oxygen atoms in total. The van der Waals surface area contributed by atoms with Gasteiger partial charge in [0.15, 0.2) is 0 Å². The van der Waals surface area contributed by atoms with Crippen LogP contribution in [-0.2, 0) is 4.79 Å². The van der Waals surface area contributed by atoms with E-state index in [9.17, 15) is 4.79 Å². The molecule has 3 atom stereocenters. The van der Waals surface area contributed by atoms with Crippen molar-refractivity contribution in [2.24, 2.45) is 23.2 Å². The summed E-state index contributed by atoms with van der Waals surface area (Å²) in [6, 6.07) is 0. The maximum Gasteiger partial charge on any atom is 0.139 e. The van der Waals surface area contributed by atoms with Gasteiger partial charge in [0.25, 0.3) is 0 Å². The molecule has 1 aliphatic rings. The van der Waals surface area contributed by atoms with Crippen molar-refractivity contribution in [3.63, 3.8) is 0 Å². The van der Waals surface area contributed by atoms with Gasteiger partial charge in [-0.2, -0.15) is 0 Å². The standard InChI is InChI=1S/C14H26O/c1-6-7-11-8-10(2)12(13(11)15)9-14(3,4)5/h10-12H,6-9H2,1-5H3. The molecule has 0 bridgehead atoms. The quantitative estimate of drug-likeness (QED) is 0.686. The second-order valence-electron chi connectivity index (χ2n) is 6.47. The van der Waals surface area contributed by atoms with Crippen LogP contribution < -0.4 is 0 Å². The Morgan fingerprint density at radius 3 is 2.40 bits per heavy atom. The average molecular weight is 210 g/mol. The molecular formula is C14H26O. The predicted molar refractivity (Wildman–Crippen MR) is 64.7 cm³/mol. The summed E-state index contributed by atoms with van der Waals surface area (Å²) in [5, 5.41) is 0. The number of rotatable bonds is 3. The molecule has 0 heterocycles. The molecule has 0 aromatic heterocycles. The molecule has 3 unspecified atom stereocenters. The highest BCUT2D eigenvalue weighted by molar-refractivity contribution is 5.85. The summed E-state index contributed by atoms with van der Waals surface area (Å²) < 4.78 is 0. The molecule has 0 aromatic rings. The zero-order chi connectivity index (χ0) is 11.6. The van der Waals surface area contributed by atoms with E-state index >= 15 is 0 Å². The molecular weight excluding hydrogens is 184 g/mol. The highest BCUT2D eigenvalue weighted by Crippen LogP contribution is 2.41. The number of carbonyl (C=O) groups is 1. The molecule has 0 spiro atoms. The average Bonchev–Trinajstić information content (AvgIpc) is 2.32. The SMILES string of the molecule is CCCC1CC(C)C(CC(C)(C)C)C1=O. The lowest BCUT2D eigenvalue weighted by atomic mass is 9.80. The molecule has 1 aliphatic carbocycles. The summed E-state index contributed by atoms with van der Waals surface area (Å²) in [5.74, 6) is 1.87. The summed E-state index contributed by atoms with van der Waals surface area (Å²) in [4.78, 5) is 12.2. The van der Waals surface area contributed by atoms with E-state index in [1.165, 1.54) is 0 Å². The minimum absolute atomic E-state index is 0.287. The summed E-state index contributed by atoms with van der Waals surface area (Å²) >= 11 is 0. The second kappa shape index (κ2) is 4.67. The number of Topliss-reactive ketones (excluding diaryl/α,β-unsaturated/α-hetero) is 1. The van der Waals surface area contributed by atoms with Crippen LogP contribution in [0.15, 0.2) is 0 Å². The molecule has 0 saturated heterocycles. The lowest BCUT2D eigenvalue weighted by Crippen LogP contribution is -2.22. The molecule has 0 amide bonds. The molecule has 0 aromatic carbocycles. The highest BCUT2D eigenvalue weighted by atomic mass is 16.1. The Hall–Kier alpha value is -0.330. The van der Waals surface area contributed by atoms with Crippen LogP contribution in [0, 0.1) is 23.2 Å². The van der Waals surface area contributed by atoms with E-state index in [0.29, 0.717) is 23.5 Å². The fourth-order valence-corrected chi connectivity index (χ4v) is 2.88. The first-order chi connectivity index (χ1) is 6.85. The van der Waals surface area contributed by atoms with Crippen molar-refractivity contribution in [2.45, 2.75) is 60.3 Å². The van der Waals surface area contributed by atoms with E-state index in [1.54, 1.807) is 0 Å². The number of hydrogen-bond donors (Lipinski definition) is 0. The molecule has 0 N–H and O–H groups in total. The van der Waals surface area contributed by atoms with Crippen molar-refractivity contribution < 1.29 is 4.79 Å². The zero-order valence-corrected chi connectivity index (χ0v) is 11.0. The van der Waals surface area contributed by atoms with Crippen LogP contribution >= 0.6 is 0 Å². The molecule has 88 valence electrons. The molecule has 1 heteroatoms. The van der Waals surface area contributed by atoms with Crippen LogP contribution in [0.1, 0.15) is 60.3 Å². The van der Waals surface area contributed by atoms with Gasteiger partial charge in [0, 0.05) is 11.8 Å². The highest BCUT2D eigenvalue weighted by Gasteiger charge is 2.40. The van der Waals surface area contributed by atoms with Crippen LogP contribution in [0.3, 0.4) is 0 Å². The topological polar surface area (TPSA) is 17.1 Å². The monoisotopic (exact) mass is 210 g/mol. The van der Waals surface area contributed by atoms with E-state index in [2.05, 4.69) is 34.6 Å². The Labute approximate surface area is 94.6 Å². The summed E-state index contributed by atoms with van der Waals surface area (Å²) in [7, 11) is 0. The first kappa shape index (κ1) is 12.7. The van der Waals surface area contributed by atoms with Crippen LogP contribution in [0.2, 0.25) is 0 Å². The van der Waals surface area contributed by atoms with Gasteiger partial charge in [-0.25, -0.2) is 0 Å². The third-order valence-electron chi connectivity index (χ3n) is 3.58. The third kappa shape index (κ3) is 3.32. The minimum Gasteiger partial charge on any atom is -0.299 e. The van der Waals surface area contributed by atoms with Gasteiger partial charge in [0.2, 0.25) is 0 Å². The van der Waals surface area contributed by atoms with Gasteiger partial charge < -0.3 is 0 Å². The summed E-state index contributed by atoms with van der Waals surface area (Å²) in [6.07, 6.45) is 4.44. The van der Waals surface area contributed by atoms with Gasteiger partial charge in [-0.1, -0.05) is 41.0 Å². The summed E-state index contributed by atoms with van der Waals surface area (Å²) in [6.45, 7) is 11.1. The fourth-order valence-electron chi connectivity index (χ4n) is 2.88. The Bertz CT molecular complexity index is 224. The van der Waals surface area contributed by atoms with Gasteiger partial charge in [0.1, 0.15) is 5.78 Å². The minimum atomic E-state index is 0.287. The number of ketones is 1. The van der Waals surface area contributed by atoms with Crippen molar-refractivity contribution >= 4 is 5.78 Å². The van der Waals surface area contributed by atoms with Crippen molar-refractivity contribution in [3.05, 3.63) is 0 Å². The molecule has 1 saturated carbocycles. The van der Waals surface area contributed by atoms with Gasteiger partial charge in [0.05, 0.1) is 0 Å². The normalized spacial score (nSPS) is 32.3. The van der Waals surface area contributed by atoms with Gasteiger partial charge in [-0.05, 0) is 30.6 Å². The first-order valence-corrected chi connectivity index (χ1v) is 6.39. The molecule has 0 aliphatic heterocycles. The van der Waals surface area contributed by atoms with Crippen LogP contribution in [0.4, 0.5) is 0 Å². The third-order valence-corrected chi connectivity index (χ3v) is 3.58. The Kier molecular flexibility index (Phi) is 3.97. The van der Waals surface area contributed by atoms with Crippen molar-refractivity contribution in [1.82, 2.24) is 0 Å². The van der Waals surface area contributed by atoms with Gasteiger partial charge in [-0.3, -0.25) is 4.79 Å². The largest absolute Gasteiger partial charge is 0.299 e. The zero-order valence-electron chi connectivity index (χ0n) is 11.0. The Morgan fingerprint density at radius 1 is 1.33 bits per heavy atom. The smallest absolute Gasteiger partial charge is 0.139 e. The van der Waals surface area contributed by atoms with E-state index in [-0.39, 0.29) is 5.41 Å². The first-order valence-electron chi connectivity index (χ1n) is 6.39. The lowest BCUT2D eigenvalue weighted by Gasteiger charge is -2.24. The van der Waals surface area contributed by atoms with E-state index in [1.807, 2.05) is 0 Å². The maximum atomic E-state index is 12.2. The van der Waals surface area contributed by atoms with Crippen molar-refractivity contribution in [2.75, 3.05) is 0 Å². The van der Waals surface area contributed by atoms with Crippen LogP contribution in [-0.4, -0.2) is 5.78 Å². The van der Waals surface area contributed by atoms with E-state index in [0.717, 1.165) is 25.7 Å². The maximum absolute atomic E-state index is 12.2. The van der Waals surface area contributed by atoms with Crippen LogP contribution in [0.25, 0.3) is 0 Å². The predicted octanol–water partition coefficient (Wildman–Crippen LogP) is 4.06. The Morgan fingerprint density at radius 2 is 1.93 bits per heavy atom. The van der Waals surface area contributed by atoms with Crippen molar-refractivity contribution in [1.29, 1.82) is 0 Å². The number of carbonyl (C=O) groups excluding carboxylic acids is 1. The fraction of sp³-hybridized carbons (Fsp3) is 0.929. The molecule has 1 fully saturated rings. The second-order valence-corrected chi connectivity index (χ2v) is 6.47. The Balaban J connectivity index is 2.62. The van der Waals surface area contributed by atoms with E-state index in [4.69, 9.17) is 0 Å². The van der Waals surface area contributed by atoms with Crippen LogP contribution in [0.5, 0.6) is 0 Å². The number of hydrogen-bond acceptors (Lipinski definition) is 1. The lowest BCUT2D eigenvalue weighted by molar-refractivity contribution is -0.125. The van der Waals surface area contributed by atoms with Gasteiger partial charge >= 0.3 is 0 Å². The van der Waals surface area contributed by atoms with Gasteiger partial charge in [-0.15, -0.1) is 0 Å².